The average Bonchev–Trinajstić information content (AvgIpc) is 3.01. The number of anilines is 1. The van der Waals surface area contributed by atoms with Crippen LogP contribution in [0.1, 0.15) is 11.1 Å². The second-order valence-electron chi connectivity index (χ2n) is 8.78. The lowest BCUT2D eigenvalue weighted by Crippen LogP contribution is -2.60. The topological polar surface area (TPSA) is 132 Å². The van der Waals surface area contributed by atoms with Gasteiger partial charge in [-0.3, -0.25) is 9.69 Å². The number of aliphatic carboxylic acids is 1. The van der Waals surface area contributed by atoms with Gasteiger partial charge in [0.2, 0.25) is 18.0 Å². The Morgan fingerprint density at radius 1 is 0.805 bits per heavy atom. The van der Waals surface area contributed by atoms with Crippen molar-refractivity contribution in [2.24, 2.45) is 0 Å². The number of nitrogens with one attached hydrogen (secondary N) is 1. The highest BCUT2D eigenvalue weighted by Gasteiger charge is 2.52. The Morgan fingerprint density at radius 2 is 1.32 bits per heavy atom. The van der Waals surface area contributed by atoms with E-state index in [1.807, 2.05) is 0 Å². The quantitative estimate of drug-likeness (QED) is 0.261. The highest BCUT2D eigenvalue weighted by molar-refractivity contribution is 5.93. The van der Waals surface area contributed by atoms with E-state index < -0.39 is 23.6 Å². The summed E-state index contributed by atoms with van der Waals surface area (Å²) >= 11 is 0. The first-order valence-corrected chi connectivity index (χ1v) is 12.5. The van der Waals surface area contributed by atoms with E-state index >= 15 is 0 Å². The van der Waals surface area contributed by atoms with Crippen molar-refractivity contribution in [3.63, 3.8) is 0 Å². The van der Waals surface area contributed by atoms with Gasteiger partial charge in [0.15, 0.2) is 5.41 Å². The zero-order chi connectivity index (χ0) is 29.4. The third-order valence-corrected chi connectivity index (χ3v) is 6.51. The molecule has 3 aromatic carbocycles. The van der Waals surface area contributed by atoms with E-state index in [4.69, 9.17) is 18.9 Å². The van der Waals surface area contributed by atoms with Crippen molar-refractivity contribution in [2.75, 3.05) is 33.3 Å². The van der Waals surface area contributed by atoms with Gasteiger partial charge < -0.3 is 29.4 Å². The maximum Gasteiger partial charge on any atom is 0.325 e. The first-order chi connectivity index (χ1) is 19.8. The monoisotopic (exact) mass is 558 g/mol. The van der Waals surface area contributed by atoms with Crippen LogP contribution < -0.4 is 29.2 Å². The third-order valence-electron chi connectivity index (χ3n) is 6.51. The molecule has 1 aromatic heterocycles. The maximum atomic E-state index is 13.7. The van der Waals surface area contributed by atoms with Crippen molar-refractivity contribution in [2.45, 2.75) is 11.6 Å². The van der Waals surface area contributed by atoms with E-state index in [1.165, 1.54) is 25.2 Å². The van der Waals surface area contributed by atoms with E-state index in [0.717, 1.165) is 0 Å². The van der Waals surface area contributed by atoms with Crippen molar-refractivity contribution in [3.05, 3.63) is 102 Å². The lowest BCUT2D eigenvalue weighted by Gasteiger charge is -2.38. The number of benzene rings is 3. The number of rotatable bonds is 11. The number of hydrogen-bond donors (Lipinski definition) is 2. The molecule has 0 aliphatic heterocycles. The van der Waals surface area contributed by atoms with E-state index in [1.54, 1.807) is 99.1 Å². The molecule has 2 N–H and O–H groups in total. The number of urea groups is 1. The van der Waals surface area contributed by atoms with Crippen LogP contribution in [0, 0.1) is 0 Å². The summed E-state index contributed by atoms with van der Waals surface area (Å²) in [7, 11) is 5.91. The van der Waals surface area contributed by atoms with Gasteiger partial charge in [-0.15, -0.1) is 0 Å². The van der Waals surface area contributed by atoms with Crippen molar-refractivity contribution < 1.29 is 33.6 Å². The fourth-order valence-corrected chi connectivity index (χ4v) is 4.34. The van der Waals surface area contributed by atoms with E-state index in [-0.39, 0.29) is 17.8 Å². The van der Waals surface area contributed by atoms with Crippen LogP contribution in [0.4, 0.5) is 10.5 Å². The molecule has 4 aromatic rings. The van der Waals surface area contributed by atoms with E-state index in [0.29, 0.717) is 22.6 Å². The minimum absolute atomic E-state index is 0.118. The molecule has 2 amide bonds. The van der Waals surface area contributed by atoms with Gasteiger partial charge in [0, 0.05) is 12.7 Å². The molecular weight excluding hydrogens is 528 g/mol. The number of aromatic nitrogens is 2. The summed E-state index contributed by atoms with van der Waals surface area (Å²) in [6.45, 7) is 0. The highest BCUT2D eigenvalue weighted by atomic mass is 16.5. The van der Waals surface area contributed by atoms with Crippen LogP contribution in [0.15, 0.2) is 91.0 Å². The standard InChI is InChI=1S/C30H30N4O7/c1-34(22-15-17-23(38-2)18-16-22)29(37)33-26(41-28-31-24(39-3)19-25(32-28)40-4)30(27(35)36,20-11-7-5-8-12-20)21-13-9-6-10-14-21/h5-19,26H,1-4H3,(H,33,37)(H,35,36)/t26-/m1/s1. The van der Waals surface area contributed by atoms with E-state index in [9.17, 15) is 14.7 Å². The Balaban J connectivity index is 1.88. The predicted octanol–water partition coefficient (Wildman–Crippen LogP) is 4.12. The van der Waals surface area contributed by atoms with Crippen LogP contribution in [-0.2, 0) is 10.2 Å². The summed E-state index contributed by atoms with van der Waals surface area (Å²) in [5.74, 6) is -0.423. The zero-order valence-corrected chi connectivity index (χ0v) is 23.0. The Kier molecular flexibility index (Phi) is 8.88. The number of nitrogens with zero attached hydrogens (tertiary/aromatic N) is 3. The van der Waals surface area contributed by atoms with Crippen LogP contribution >= 0.6 is 0 Å². The van der Waals surface area contributed by atoms with Gasteiger partial charge in [-0.1, -0.05) is 60.7 Å². The molecule has 11 nitrogen and oxygen atoms in total. The molecule has 0 fully saturated rings. The summed E-state index contributed by atoms with van der Waals surface area (Å²) in [4.78, 5) is 36.9. The number of amides is 2. The molecule has 41 heavy (non-hydrogen) atoms. The van der Waals surface area contributed by atoms with Crippen LogP contribution in [-0.4, -0.2) is 61.7 Å². The fourth-order valence-electron chi connectivity index (χ4n) is 4.34. The summed E-state index contributed by atoms with van der Waals surface area (Å²) in [6, 6.07) is 24.3. The molecule has 0 unspecified atom stereocenters. The van der Waals surface area contributed by atoms with Gasteiger partial charge in [-0.25, -0.2) is 4.79 Å². The van der Waals surface area contributed by atoms with Crippen LogP contribution in [0.2, 0.25) is 0 Å². The molecule has 0 aliphatic carbocycles. The van der Waals surface area contributed by atoms with Gasteiger partial charge in [0.25, 0.3) is 0 Å². The Morgan fingerprint density at radius 3 is 1.76 bits per heavy atom. The molecule has 1 atom stereocenters. The molecular formula is C30H30N4O7. The first-order valence-electron chi connectivity index (χ1n) is 12.5. The lowest BCUT2D eigenvalue weighted by atomic mass is 9.72. The zero-order valence-electron chi connectivity index (χ0n) is 23.0. The molecule has 0 spiro atoms. The van der Waals surface area contributed by atoms with Crippen molar-refractivity contribution in [1.82, 2.24) is 15.3 Å². The smallest absolute Gasteiger partial charge is 0.325 e. The van der Waals surface area contributed by atoms with Crippen molar-refractivity contribution in [3.8, 4) is 23.5 Å². The first kappa shape index (κ1) is 28.7. The number of carboxylic acids is 1. The lowest BCUT2D eigenvalue weighted by molar-refractivity contribution is -0.146. The normalized spacial score (nSPS) is 11.6. The van der Waals surface area contributed by atoms with Gasteiger partial charge in [-0.2, -0.15) is 9.97 Å². The Labute approximate surface area is 237 Å². The number of methoxy groups -OCH3 is 3. The second kappa shape index (κ2) is 12.7. The van der Waals surface area contributed by atoms with Gasteiger partial charge >= 0.3 is 18.0 Å². The minimum Gasteiger partial charge on any atom is -0.497 e. The van der Waals surface area contributed by atoms with Crippen molar-refractivity contribution >= 4 is 17.7 Å². The van der Waals surface area contributed by atoms with Crippen LogP contribution in [0.5, 0.6) is 23.5 Å². The highest BCUT2D eigenvalue weighted by Crippen LogP contribution is 2.38. The molecule has 0 radical (unpaired) electrons. The molecule has 0 bridgehead atoms. The molecule has 1 heterocycles. The largest absolute Gasteiger partial charge is 0.497 e. The number of carbonyl (C=O) groups excluding carboxylic acids is 1. The number of hydrogen-bond acceptors (Lipinski definition) is 8. The summed E-state index contributed by atoms with van der Waals surface area (Å²) in [6.07, 6.45) is -1.56. The summed E-state index contributed by atoms with van der Waals surface area (Å²) < 4.78 is 21.9. The Hall–Kier alpha value is -5.32. The average molecular weight is 559 g/mol. The predicted molar refractivity (Wildman–Crippen MR) is 151 cm³/mol. The molecule has 0 saturated carbocycles. The SMILES string of the molecule is COc1ccc(N(C)C(=O)N[C@H](Oc2nc(OC)cc(OC)n2)C(C(=O)O)(c2ccccc2)c2ccccc2)cc1. The number of ether oxygens (including phenoxy) is 4. The molecule has 212 valence electrons. The number of carboxylic acid groups (broad SMARTS) is 1. The number of carbonyl (C=O) groups is 2. The fraction of sp³-hybridized carbons (Fsp3) is 0.200. The molecule has 4 rings (SSSR count). The van der Waals surface area contributed by atoms with Crippen LogP contribution in [0.25, 0.3) is 0 Å². The second-order valence-corrected chi connectivity index (χ2v) is 8.78. The molecule has 0 saturated heterocycles. The van der Waals surface area contributed by atoms with Gasteiger partial charge in [-0.05, 0) is 35.4 Å². The van der Waals surface area contributed by atoms with Crippen molar-refractivity contribution in [1.29, 1.82) is 0 Å². The molecule has 0 aliphatic rings. The summed E-state index contributed by atoms with van der Waals surface area (Å²) in [5.41, 5.74) is -0.711. The maximum absolute atomic E-state index is 13.7. The summed E-state index contributed by atoms with van der Waals surface area (Å²) in [5, 5.41) is 13.7. The van der Waals surface area contributed by atoms with Crippen LogP contribution in [0.3, 0.4) is 0 Å². The minimum atomic E-state index is -1.95. The van der Waals surface area contributed by atoms with Gasteiger partial charge in [0.05, 0.1) is 27.4 Å². The van der Waals surface area contributed by atoms with E-state index in [2.05, 4.69) is 15.3 Å². The molecule has 11 heteroatoms. The third kappa shape index (κ3) is 5.98. The Bertz CT molecular complexity index is 1410. The van der Waals surface area contributed by atoms with Gasteiger partial charge in [0.1, 0.15) is 5.75 Å².